The molecular weight excluding hydrogens is 627 g/mol. The Morgan fingerprint density at radius 2 is 1.91 bits per heavy atom. The number of rotatable bonds is 7. The van der Waals surface area contributed by atoms with E-state index in [-0.39, 0.29) is 17.5 Å². The van der Waals surface area contributed by atoms with E-state index in [9.17, 15) is 9.59 Å². The number of nitrogens with one attached hydrogen (secondary N) is 1. The van der Waals surface area contributed by atoms with Gasteiger partial charge in [-0.2, -0.15) is 0 Å². The molecular formula is C26H20BrIN2O5. The topological polar surface area (TPSA) is 86.2 Å². The van der Waals surface area contributed by atoms with E-state index in [0.29, 0.717) is 39.4 Å². The van der Waals surface area contributed by atoms with Gasteiger partial charge in [0.05, 0.1) is 11.6 Å². The van der Waals surface area contributed by atoms with Crippen molar-refractivity contribution in [1.29, 1.82) is 0 Å². The summed E-state index contributed by atoms with van der Waals surface area (Å²) in [5.41, 5.74) is 3.17. The first-order chi connectivity index (χ1) is 16.8. The minimum atomic E-state index is -0.556. The quantitative estimate of drug-likeness (QED) is 0.195. The zero-order chi connectivity index (χ0) is 24.9. The summed E-state index contributed by atoms with van der Waals surface area (Å²) >= 11 is 5.82. The van der Waals surface area contributed by atoms with Gasteiger partial charge in [-0.3, -0.25) is 4.79 Å². The van der Waals surface area contributed by atoms with Gasteiger partial charge in [-0.1, -0.05) is 18.2 Å². The van der Waals surface area contributed by atoms with E-state index in [2.05, 4.69) is 48.8 Å². The summed E-state index contributed by atoms with van der Waals surface area (Å²) in [6.07, 6.45) is 1.62. The van der Waals surface area contributed by atoms with Crippen LogP contribution in [0.1, 0.15) is 23.6 Å². The van der Waals surface area contributed by atoms with E-state index in [1.165, 1.54) is 6.92 Å². The van der Waals surface area contributed by atoms with Gasteiger partial charge in [-0.15, -0.1) is 0 Å². The number of anilines is 1. The highest BCUT2D eigenvalue weighted by Crippen LogP contribution is 2.38. The van der Waals surface area contributed by atoms with Gasteiger partial charge in [0.15, 0.2) is 17.2 Å². The van der Waals surface area contributed by atoms with E-state index in [1.54, 1.807) is 43.5 Å². The number of hydrogen-bond donors (Lipinski definition) is 1. The fourth-order valence-corrected chi connectivity index (χ4v) is 4.44. The smallest absolute Gasteiger partial charge is 0.363 e. The summed E-state index contributed by atoms with van der Waals surface area (Å²) in [5, 5.41) is 2.69. The number of carbonyl (C=O) groups excluding carboxylic acids is 2. The third-order valence-corrected chi connectivity index (χ3v) is 6.60. The molecule has 178 valence electrons. The zero-order valence-electron chi connectivity index (χ0n) is 18.8. The van der Waals surface area contributed by atoms with Crippen LogP contribution in [0.25, 0.3) is 6.08 Å². The highest BCUT2D eigenvalue weighted by atomic mass is 127. The monoisotopic (exact) mass is 646 g/mol. The lowest BCUT2D eigenvalue weighted by Crippen LogP contribution is -2.07. The molecule has 0 saturated carbocycles. The predicted octanol–water partition coefficient (Wildman–Crippen LogP) is 5.94. The van der Waals surface area contributed by atoms with Crippen molar-refractivity contribution in [2.24, 2.45) is 4.99 Å². The largest absolute Gasteiger partial charge is 0.493 e. The zero-order valence-corrected chi connectivity index (χ0v) is 22.5. The number of hydrogen-bond acceptors (Lipinski definition) is 6. The normalized spacial score (nSPS) is 13.9. The molecule has 0 bridgehead atoms. The average Bonchev–Trinajstić information content (AvgIpc) is 3.19. The Morgan fingerprint density at radius 3 is 2.60 bits per heavy atom. The van der Waals surface area contributed by atoms with E-state index in [4.69, 9.17) is 14.2 Å². The minimum absolute atomic E-state index is 0.160. The Balaban J connectivity index is 1.56. The molecule has 0 radical (unpaired) electrons. The maximum atomic E-state index is 12.4. The van der Waals surface area contributed by atoms with Crippen LogP contribution in [0, 0.1) is 3.57 Å². The first-order valence-corrected chi connectivity index (χ1v) is 12.4. The Kier molecular flexibility index (Phi) is 7.86. The molecule has 1 aliphatic rings. The second-order valence-electron chi connectivity index (χ2n) is 7.51. The Labute approximate surface area is 224 Å². The first-order valence-electron chi connectivity index (χ1n) is 10.5. The lowest BCUT2D eigenvalue weighted by molar-refractivity contribution is -0.129. The highest BCUT2D eigenvalue weighted by Gasteiger charge is 2.24. The maximum absolute atomic E-state index is 12.4. The number of benzene rings is 3. The van der Waals surface area contributed by atoms with E-state index in [0.717, 1.165) is 9.13 Å². The molecule has 0 atom stereocenters. The summed E-state index contributed by atoms with van der Waals surface area (Å²) in [4.78, 5) is 28.0. The minimum Gasteiger partial charge on any atom is -0.493 e. The summed E-state index contributed by atoms with van der Waals surface area (Å²) < 4.78 is 18.7. The van der Waals surface area contributed by atoms with Crippen LogP contribution >= 0.6 is 38.5 Å². The summed E-state index contributed by atoms with van der Waals surface area (Å²) in [6.45, 7) is 1.82. The van der Waals surface area contributed by atoms with Gasteiger partial charge in [0, 0.05) is 27.3 Å². The van der Waals surface area contributed by atoms with Gasteiger partial charge in [-0.25, -0.2) is 9.79 Å². The average molecular weight is 647 g/mol. The number of ether oxygens (including phenoxy) is 3. The molecule has 0 aliphatic carbocycles. The fourth-order valence-electron chi connectivity index (χ4n) is 3.32. The van der Waals surface area contributed by atoms with Crippen LogP contribution in [0.2, 0.25) is 0 Å². The molecule has 0 fully saturated rings. The van der Waals surface area contributed by atoms with Gasteiger partial charge in [0.1, 0.15) is 6.61 Å². The van der Waals surface area contributed by atoms with E-state index < -0.39 is 5.97 Å². The number of carbonyl (C=O) groups is 2. The number of amides is 1. The lowest BCUT2D eigenvalue weighted by Gasteiger charge is -2.14. The Hall–Kier alpha value is -3.18. The molecule has 3 aromatic rings. The number of esters is 1. The molecule has 0 aromatic heterocycles. The summed E-state index contributed by atoms with van der Waals surface area (Å²) in [7, 11) is 1.56. The fraction of sp³-hybridized carbons (Fsp3) is 0.115. The molecule has 0 spiro atoms. The van der Waals surface area contributed by atoms with Gasteiger partial charge >= 0.3 is 5.97 Å². The molecule has 7 nitrogen and oxygen atoms in total. The molecule has 1 N–H and O–H groups in total. The van der Waals surface area contributed by atoms with Crippen molar-refractivity contribution in [2.45, 2.75) is 13.5 Å². The first kappa shape index (κ1) is 24.9. The van der Waals surface area contributed by atoms with Crippen molar-refractivity contribution >= 4 is 68.1 Å². The molecule has 1 amide bonds. The Bertz CT molecular complexity index is 1350. The molecule has 0 unspecified atom stereocenters. The van der Waals surface area contributed by atoms with Gasteiger partial charge in [-0.05, 0) is 92.6 Å². The maximum Gasteiger partial charge on any atom is 0.363 e. The molecule has 35 heavy (non-hydrogen) atoms. The lowest BCUT2D eigenvalue weighted by atomic mass is 10.1. The number of nitrogens with zero attached hydrogens (tertiary/aromatic N) is 1. The standard InChI is InChI=1S/C26H20BrIN2O5/c1-15(31)29-19-9-7-17(8-10-19)25-30-22(26(32)35-25)12-16-11-20(27)24(23(13-16)33-2)34-14-18-5-3-4-6-21(18)28/h3-13H,14H2,1-2H3,(H,29,31)/b22-12-. The molecule has 9 heteroatoms. The van der Waals surface area contributed by atoms with E-state index in [1.807, 2.05) is 30.3 Å². The summed E-state index contributed by atoms with van der Waals surface area (Å²) in [6, 6.07) is 18.4. The second-order valence-corrected chi connectivity index (χ2v) is 9.53. The van der Waals surface area contributed by atoms with Crippen LogP contribution < -0.4 is 14.8 Å². The second kappa shape index (κ2) is 11.0. The van der Waals surface area contributed by atoms with Crippen molar-refractivity contribution in [3.8, 4) is 11.5 Å². The van der Waals surface area contributed by atoms with Gasteiger partial charge < -0.3 is 19.5 Å². The van der Waals surface area contributed by atoms with Crippen molar-refractivity contribution < 1.29 is 23.8 Å². The number of methoxy groups -OCH3 is 1. The van der Waals surface area contributed by atoms with Crippen LogP contribution in [-0.2, 0) is 20.9 Å². The van der Waals surface area contributed by atoms with Gasteiger partial charge in [0.25, 0.3) is 0 Å². The number of cyclic esters (lactones) is 1. The van der Waals surface area contributed by atoms with Crippen LogP contribution in [0.5, 0.6) is 11.5 Å². The van der Waals surface area contributed by atoms with Crippen molar-refractivity contribution in [3.05, 3.63) is 91.1 Å². The van der Waals surface area contributed by atoms with Crippen molar-refractivity contribution in [3.63, 3.8) is 0 Å². The van der Waals surface area contributed by atoms with Crippen molar-refractivity contribution in [1.82, 2.24) is 0 Å². The third-order valence-electron chi connectivity index (χ3n) is 4.96. The summed E-state index contributed by atoms with van der Waals surface area (Å²) in [5.74, 6) is 0.549. The SMILES string of the molecule is COc1cc(/C=C2\N=C(c3ccc(NC(C)=O)cc3)OC2=O)cc(Br)c1OCc1ccccc1I. The molecule has 0 saturated heterocycles. The molecule has 3 aromatic carbocycles. The Morgan fingerprint density at radius 1 is 1.17 bits per heavy atom. The van der Waals surface area contributed by atoms with E-state index >= 15 is 0 Å². The van der Waals surface area contributed by atoms with Crippen LogP contribution in [-0.4, -0.2) is 24.9 Å². The molecule has 1 heterocycles. The molecule has 4 rings (SSSR count). The van der Waals surface area contributed by atoms with Crippen LogP contribution in [0.3, 0.4) is 0 Å². The van der Waals surface area contributed by atoms with Crippen molar-refractivity contribution in [2.75, 3.05) is 12.4 Å². The van der Waals surface area contributed by atoms with Crippen LogP contribution in [0.4, 0.5) is 5.69 Å². The number of aliphatic imine (C=N–C) groups is 1. The predicted molar refractivity (Wildman–Crippen MR) is 146 cm³/mol. The molecule has 1 aliphatic heterocycles. The van der Waals surface area contributed by atoms with Crippen LogP contribution in [0.15, 0.2) is 75.8 Å². The van der Waals surface area contributed by atoms with Gasteiger partial charge in [0.2, 0.25) is 11.8 Å². The number of halogens is 2. The highest BCUT2D eigenvalue weighted by molar-refractivity contribution is 14.1. The third kappa shape index (κ3) is 6.09.